The smallest absolute Gasteiger partial charge is 0.155 e. The maximum Gasteiger partial charge on any atom is 0.155 e. The van der Waals surface area contributed by atoms with Crippen LogP contribution in [0.3, 0.4) is 0 Å². The molecule has 94 valence electrons. The topological polar surface area (TPSA) is 18.5 Å². The summed E-state index contributed by atoms with van der Waals surface area (Å²) in [7, 11) is 0. The molecule has 0 saturated heterocycles. The highest BCUT2D eigenvalue weighted by Crippen LogP contribution is 2.09. The fraction of sp³-hybridized carbons (Fsp3) is 0.714. The highest BCUT2D eigenvalue weighted by atomic mass is 16.7. The second-order valence-corrected chi connectivity index (χ2v) is 4.10. The molecule has 0 fully saturated rings. The van der Waals surface area contributed by atoms with E-state index >= 15 is 0 Å². The molecule has 0 aliphatic rings. The molecule has 0 radical (unpaired) electrons. The van der Waals surface area contributed by atoms with Crippen molar-refractivity contribution in [2.45, 2.75) is 53.8 Å². The maximum atomic E-state index is 5.58. The average Bonchev–Trinajstić information content (AvgIpc) is 2.23. The number of hydrogen-bond donors (Lipinski definition) is 0. The molecule has 0 aromatic rings. The molecule has 2 nitrogen and oxygen atoms in total. The fourth-order valence-corrected chi connectivity index (χ4v) is 1.35. The number of ether oxygens (including phenoxy) is 2. The third kappa shape index (κ3) is 8.69. The fourth-order valence-electron chi connectivity index (χ4n) is 1.35. The highest BCUT2D eigenvalue weighted by Gasteiger charge is 2.02. The molecular formula is C14H26O2. The zero-order chi connectivity index (χ0) is 12.4. The Hall–Kier alpha value is -0.600. The lowest BCUT2D eigenvalue weighted by Crippen LogP contribution is -2.14. The van der Waals surface area contributed by atoms with Gasteiger partial charge in [-0.05, 0) is 53.0 Å². The van der Waals surface area contributed by atoms with E-state index in [-0.39, 0.29) is 6.29 Å². The molecule has 1 atom stereocenters. The van der Waals surface area contributed by atoms with Crippen LogP contribution in [-0.2, 0) is 9.47 Å². The van der Waals surface area contributed by atoms with Gasteiger partial charge < -0.3 is 9.47 Å². The Morgan fingerprint density at radius 3 is 2.44 bits per heavy atom. The monoisotopic (exact) mass is 226 g/mol. The summed E-state index contributed by atoms with van der Waals surface area (Å²) in [6, 6.07) is 0. The van der Waals surface area contributed by atoms with Crippen molar-refractivity contribution in [2.24, 2.45) is 0 Å². The first-order valence-electron chi connectivity index (χ1n) is 6.10. The van der Waals surface area contributed by atoms with Crippen molar-refractivity contribution in [3.63, 3.8) is 0 Å². The molecule has 1 unspecified atom stereocenters. The Bertz CT molecular complexity index is 225. The van der Waals surface area contributed by atoms with Gasteiger partial charge >= 0.3 is 0 Å². The quantitative estimate of drug-likeness (QED) is 0.458. The van der Waals surface area contributed by atoms with Gasteiger partial charge in [-0.1, -0.05) is 17.7 Å². The van der Waals surface area contributed by atoms with Gasteiger partial charge in [-0.3, -0.25) is 0 Å². The molecule has 0 aromatic carbocycles. The maximum absolute atomic E-state index is 5.58. The first-order chi connectivity index (χ1) is 7.60. The molecule has 0 aliphatic heterocycles. The van der Waals surface area contributed by atoms with Gasteiger partial charge in [-0.25, -0.2) is 0 Å². The number of allylic oxidation sites excluding steroid dienone is 3. The van der Waals surface area contributed by atoms with Gasteiger partial charge in [0.2, 0.25) is 0 Å². The minimum absolute atomic E-state index is 0.108. The van der Waals surface area contributed by atoms with Crippen LogP contribution in [0.5, 0.6) is 0 Å². The second-order valence-electron chi connectivity index (χ2n) is 4.10. The van der Waals surface area contributed by atoms with E-state index in [1.807, 2.05) is 13.8 Å². The predicted molar refractivity (Wildman–Crippen MR) is 69.5 cm³/mol. The van der Waals surface area contributed by atoms with E-state index in [0.29, 0.717) is 13.2 Å². The summed E-state index contributed by atoms with van der Waals surface area (Å²) >= 11 is 0. The van der Waals surface area contributed by atoms with Crippen LogP contribution >= 0.6 is 0 Å². The van der Waals surface area contributed by atoms with Crippen LogP contribution in [0.15, 0.2) is 23.3 Å². The van der Waals surface area contributed by atoms with E-state index in [4.69, 9.17) is 9.47 Å². The van der Waals surface area contributed by atoms with Crippen LogP contribution in [0.1, 0.15) is 47.5 Å². The van der Waals surface area contributed by atoms with Crippen LogP contribution < -0.4 is 0 Å². The van der Waals surface area contributed by atoms with Crippen LogP contribution in [-0.4, -0.2) is 19.5 Å². The van der Waals surface area contributed by atoms with Crippen LogP contribution in [0.4, 0.5) is 0 Å². The Morgan fingerprint density at radius 2 is 1.94 bits per heavy atom. The summed E-state index contributed by atoms with van der Waals surface area (Å²) in [5.74, 6) is 0. The normalized spacial score (nSPS) is 13.7. The molecule has 0 spiro atoms. The third-order valence-corrected chi connectivity index (χ3v) is 2.33. The Kier molecular flexibility index (Phi) is 9.25. The molecule has 0 aliphatic carbocycles. The minimum Gasteiger partial charge on any atom is -0.353 e. The van der Waals surface area contributed by atoms with Gasteiger partial charge in [0.15, 0.2) is 6.29 Å². The molecule has 0 saturated carbocycles. The van der Waals surface area contributed by atoms with E-state index in [9.17, 15) is 0 Å². The molecule has 0 amide bonds. The summed E-state index contributed by atoms with van der Waals surface area (Å²) in [5, 5.41) is 0. The van der Waals surface area contributed by atoms with Crippen molar-refractivity contribution in [3.05, 3.63) is 23.3 Å². The molecule has 0 heterocycles. The highest BCUT2D eigenvalue weighted by molar-refractivity contribution is 5.04. The van der Waals surface area contributed by atoms with Crippen molar-refractivity contribution in [1.29, 1.82) is 0 Å². The van der Waals surface area contributed by atoms with Crippen molar-refractivity contribution in [1.82, 2.24) is 0 Å². The van der Waals surface area contributed by atoms with Crippen molar-refractivity contribution < 1.29 is 9.47 Å². The largest absolute Gasteiger partial charge is 0.353 e. The molecule has 16 heavy (non-hydrogen) atoms. The Morgan fingerprint density at radius 1 is 1.25 bits per heavy atom. The molecule has 2 heteroatoms. The van der Waals surface area contributed by atoms with E-state index in [1.54, 1.807) is 0 Å². The third-order valence-electron chi connectivity index (χ3n) is 2.33. The molecule has 0 bridgehead atoms. The summed E-state index contributed by atoms with van der Waals surface area (Å²) in [6.45, 7) is 11.6. The van der Waals surface area contributed by atoms with Crippen LogP contribution in [0.2, 0.25) is 0 Å². The molecule has 0 rings (SSSR count). The average molecular weight is 226 g/mol. The summed E-state index contributed by atoms with van der Waals surface area (Å²) in [5.41, 5.74) is 2.71. The number of hydrogen-bond acceptors (Lipinski definition) is 2. The predicted octanol–water partition coefficient (Wildman–Crippen LogP) is 4.08. The van der Waals surface area contributed by atoms with Gasteiger partial charge in [0, 0.05) is 6.61 Å². The molecule has 0 aromatic heterocycles. The Labute approximate surface area is 100 Å². The van der Waals surface area contributed by atoms with Gasteiger partial charge in [-0.15, -0.1) is 0 Å². The summed E-state index contributed by atoms with van der Waals surface area (Å²) in [6.07, 6.45) is 6.45. The first kappa shape index (κ1) is 15.4. The molecular weight excluding hydrogens is 200 g/mol. The van der Waals surface area contributed by atoms with Gasteiger partial charge in [0.25, 0.3) is 0 Å². The zero-order valence-electron chi connectivity index (χ0n) is 11.4. The lowest BCUT2D eigenvalue weighted by Gasteiger charge is -2.14. The lowest BCUT2D eigenvalue weighted by molar-refractivity contribution is -0.120. The van der Waals surface area contributed by atoms with Crippen LogP contribution in [0.25, 0.3) is 0 Å². The van der Waals surface area contributed by atoms with Gasteiger partial charge in [-0.2, -0.15) is 0 Å². The van der Waals surface area contributed by atoms with E-state index in [1.165, 1.54) is 11.1 Å². The Balaban J connectivity index is 3.80. The van der Waals surface area contributed by atoms with E-state index in [0.717, 1.165) is 12.8 Å². The van der Waals surface area contributed by atoms with Gasteiger partial charge in [0.1, 0.15) is 0 Å². The minimum atomic E-state index is -0.108. The zero-order valence-corrected chi connectivity index (χ0v) is 11.4. The van der Waals surface area contributed by atoms with Crippen molar-refractivity contribution in [3.8, 4) is 0 Å². The first-order valence-corrected chi connectivity index (χ1v) is 6.10. The van der Waals surface area contributed by atoms with E-state index < -0.39 is 0 Å². The second kappa shape index (κ2) is 9.61. The number of rotatable bonds is 8. The van der Waals surface area contributed by atoms with Crippen molar-refractivity contribution in [2.75, 3.05) is 13.2 Å². The van der Waals surface area contributed by atoms with Gasteiger partial charge in [0.05, 0.1) is 6.61 Å². The summed E-state index contributed by atoms with van der Waals surface area (Å²) < 4.78 is 10.9. The van der Waals surface area contributed by atoms with E-state index in [2.05, 4.69) is 32.9 Å². The van der Waals surface area contributed by atoms with Crippen molar-refractivity contribution >= 4 is 0 Å². The SMILES string of the molecule is CC=C(CCC=C(C)C)COC(C)OCC. The van der Waals surface area contributed by atoms with Crippen LogP contribution in [0, 0.1) is 0 Å². The lowest BCUT2D eigenvalue weighted by atomic mass is 10.1. The molecule has 0 N–H and O–H groups in total. The standard InChI is InChI=1S/C14H26O2/c1-6-14(10-8-9-12(3)4)11-16-13(5)15-7-2/h6,9,13H,7-8,10-11H2,1-5H3. The summed E-state index contributed by atoms with van der Waals surface area (Å²) in [4.78, 5) is 0.